The highest BCUT2D eigenvalue weighted by Crippen LogP contribution is 2.17. The first-order chi connectivity index (χ1) is 9.47. The summed E-state index contributed by atoms with van der Waals surface area (Å²) in [6.45, 7) is 0.701. The van der Waals surface area contributed by atoms with Crippen LogP contribution in [0.15, 0.2) is 27.6 Å². The summed E-state index contributed by atoms with van der Waals surface area (Å²) in [7, 11) is 0. The molecule has 0 aliphatic carbocycles. The van der Waals surface area contributed by atoms with Crippen molar-refractivity contribution < 1.29 is 14.7 Å². The standard InChI is InChI=1S/C13H15BrN2O4/c14-10-3-4-11(17)16(7-10)8-12(18)15-5-1-2-9(6-15)13(19)20/h3-4,7,9H,1-2,5-6,8H2,(H,19,20)/t9-/m0/s1. The molecule has 2 heterocycles. The van der Waals surface area contributed by atoms with Gasteiger partial charge in [0.2, 0.25) is 5.91 Å². The molecule has 2 rings (SSSR count). The average Bonchev–Trinajstić information content (AvgIpc) is 2.43. The highest BCUT2D eigenvalue weighted by Gasteiger charge is 2.28. The number of halogens is 1. The zero-order valence-corrected chi connectivity index (χ0v) is 12.4. The Balaban J connectivity index is 2.06. The molecule has 6 nitrogen and oxygen atoms in total. The maximum atomic E-state index is 12.2. The quantitative estimate of drug-likeness (QED) is 0.886. The Kier molecular flexibility index (Phi) is 4.59. The molecular formula is C13H15BrN2O4. The van der Waals surface area contributed by atoms with E-state index in [0.29, 0.717) is 23.9 Å². The number of carbonyl (C=O) groups is 2. The predicted molar refractivity (Wildman–Crippen MR) is 75.3 cm³/mol. The number of carbonyl (C=O) groups excluding carboxylic acids is 1. The second-order valence-corrected chi connectivity index (χ2v) is 5.75. The minimum absolute atomic E-state index is 0.0649. The van der Waals surface area contributed by atoms with Gasteiger partial charge < -0.3 is 14.6 Å². The summed E-state index contributed by atoms with van der Waals surface area (Å²) in [5, 5.41) is 9.01. The van der Waals surface area contributed by atoms with E-state index in [1.807, 2.05) is 0 Å². The monoisotopic (exact) mass is 342 g/mol. The van der Waals surface area contributed by atoms with Crippen molar-refractivity contribution in [2.45, 2.75) is 19.4 Å². The summed E-state index contributed by atoms with van der Waals surface area (Å²) in [4.78, 5) is 36.3. The fraction of sp³-hybridized carbons (Fsp3) is 0.462. The molecule has 0 unspecified atom stereocenters. The average molecular weight is 343 g/mol. The van der Waals surface area contributed by atoms with Crippen molar-refractivity contribution in [1.29, 1.82) is 0 Å². The van der Waals surface area contributed by atoms with E-state index in [9.17, 15) is 14.4 Å². The molecule has 1 aliphatic heterocycles. The summed E-state index contributed by atoms with van der Waals surface area (Å²) in [5.41, 5.74) is -0.256. The van der Waals surface area contributed by atoms with Gasteiger partial charge in [0.25, 0.3) is 5.56 Å². The molecule has 1 fully saturated rings. The summed E-state index contributed by atoms with van der Waals surface area (Å²) in [5.74, 6) is -1.61. The van der Waals surface area contributed by atoms with Crippen molar-refractivity contribution >= 4 is 27.8 Å². The van der Waals surface area contributed by atoms with Crippen LogP contribution in [-0.4, -0.2) is 39.5 Å². The number of nitrogens with zero attached hydrogens (tertiary/aromatic N) is 2. The number of piperidine rings is 1. The van der Waals surface area contributed by atoms with Crippen LogP contribution in [0.4, 0.5) is 0 Å². The van der Waals surface area contributed by atoms with Crippen LogP contribution in [0.25, 0.3) is 0 Å². The van der Waals surface area contributed by atoms with Crippen molar-refractivity contribution in [2.75, 3.05) is 13.1 Å². The van der Waals surface area contributed by atoms with Gasteiger partial charge in [0.15, 0.2) is 0 Å². The minimum Gasteiger partial charge on any atom is -0.481 e. The molecule has 1 saturated heterocycles. The number of rotatable bonds is 3. The third kappa shape index (κ3) is 3.47. The molecule has 108 valence electrons. The second-order valence-electron chi connectivity index (χ2n) is 4.83. The van der Waals surface area contributed by atoms with Gasteiger partial charge in [0, 0.05) is 29.8 Å². The lowest BCUT2D eigenvalue weighted by Crippen LogP contribution is -2.44. The van der Waals surface area contributed by atoms with Crippen LogP contribution in [0.3, 0.4) is 0 Å². The van der Waals surface area contributed by atoms with Crippen molar-refractivity contribution in [3.63, 3.8) is 0 Å². The van der Waals surface area contributed by atoms with Crippen LogP contribution in [0.1, 0.15) is 12.8 Å². The Morgan fingerprint density at radius 1 is 1.40 bits per heavy atom. The molecule has 0 saturated carbocycles. The van der Waals surface area contributed by atoms with Gasteiger partial charge in [-0.15, -0.1) is 0 Å². The molecular weight excluding hydrogens is 328 g/mol. The first-order valence-corrected chi connectivity index (χ1v) is 7.13. The van der Waals surface area contributed by atoms with E-state index < -0.39 is 11.9 Å². The van der Waals surface area contributed by atoms with E-state index in [-0.39, 0.29) is 24.6 Å². The summed E-state index contributed by atoms with van der Waals surface area (Å²) < 4.78 is 2.03. The maximum absolute atomic E-state index is 12.2. The number of hydrogen-bond acceptors (Lipinski definition) is 3. The van der Waals surface area contributed by atoms with Gasteiger partial charge >= 0.3 is 5.97 Å². The van der Waals surface area contributed by atoms with Crippen LogP contribution < -0.4 is 5.56 Å². The number of carboxylic acids is 1. The molecule has 1 aromatic rings. The molecule has 7 heteroatoms. The highest BCUT2D eigenvalue weighted by atomic mass is 79.9. The lowest BCUT2D eigenvalue weighted by Gasteiger charge is -2.30. The molecule has 0 spiro atoms. The number of pyridine rings is 1. The number of carboxylic acid groups (broad SMARTS) is 1. The van der Waals surface area contributed by atoms with Crippen LogP contribution >= 0.6 is 15.9 Å². The Morgan fingerprint density at radius 3 is 2.85 bits per heavy atom. The molecule has 1 atom stereocenters. The highest BCUT2D eigenvalue weighted by molar-refractivity contribution is 9.10. The van der Waals surface area contributed by atoms with E-state index in [1.54, 1.807) is 12.3 Å². The molecule has 0 bridgehead atoms. The van der Waals surface area contributed by atoms with Crippen molar-refractivity contribution in [1.82, 2.24) is 9.47 Å². The largest absolute Gasteiger partial charge is 0.481 e. The molecule has 0 radical (unpaired) electrons. The Bertz CT molecular complexity index is 584. The van der Waals surface area contributed by atoms with Crippen molar-refractivity contribution in [3.8, 4) is 0 Å². The number of hydrogen-bond donors (Lipinski definition) is 1. The van der Waals surface area contributed by atoms with Gasteiger partial charge in [-0.2, -0.15) is 0 Å². The Labute approximate surface area is 124 Å². The van der Waals surface area contributed by atoms with E-state index in [1.165, 1.54) is 15.5 Å². The fourth-order valence-electron chi connectivity index (χ4n) is 2.28. The second kappa shape index (κ2) is 6.21. The molecule has 1 aliphatic rings. The Hall–Kier alpha value is -1.63. The first-order valence-electron chi connectivity index (χ1n) is 6.34. The molecule has 1 aromatic heterocycles. The number of likely N-dealkylation sites (tertiary alicyclic amines) is 1. The lowest BCUT2D eigenvalue weighted by atomic mass is 9.98. The topological polar surface area (TPSA) is 79.6 Å². The van der Waals surface area contributed by atoms with Gasteiger partial charge in [-0.25, -0.2) is 0 Å². The third-order valence-electron chi connectivity index (χ3n) is 3.38. The van der Waals surface area contributed by atoms with Crippen molar-refractivity contribution in [2.24, 2.45) is 5.92 Å². The number of aliphatic carboxylic acids is 1. The number of aromatic nitrogens is 1. The van der Waals surface area contributed by atoms with Crippen LogP contribution in [0, 0.1) is 5.92 Å². The summed E-state index contributed by atoms with van der Waals surface area (Å²) in [6.07, 6.45) is 2.82. The van der Waals surface area contributed by atoms with Gasteiger partial charge in [-0.1, -0.05) is 0 Å². The number of amides is 1. The molecule has 1 amide bonds. The van der Waals surface area contributed by atoms with Crippen LogP contribution in [0.2, 0.25) is 0 Å². The first kappa shape index (κ1) is 14.8. The summed E-state index contributed by atoms with van der Waals surface area (Å²) in [6, 6.07) is 3.00. The van der Waals surface area contributed by atoms with Gasteiger partial charge in [0.1, 0.15) is 6.54 Å². The predicted octanol–water partition coefficient (Wildman–Crippen LogP) is 0.934. The molecule has 20 heavy (non-hydrogen) atoms. The van der Waals surface area contributed by atoms with Crippen LogP contribution in [0.5, 0.6) is 0 Å². The van der Waals surface area contributed by atoms with E-state index in [2.05, 4.69) is 15.9 Å². The van der Waals surface area contributed by atoms with Gasteiger partial charge in [-0.05, 0) is 34.8 Å². The zero-order chi connectivity index (χ0) is 14.7. The molecule has 1 N–H and O–H groups in total. The van der Waals surface area contributed by atoms with E-state index >= 15 is 0 Å². The van der Waals surface area contributed by atoms with Crippen LogP contribution in [-0.2, 0) is 16.1 Å². The minimum atomic E-state index is -0.873. The van der Waals surface area contributed by atoms with Gasteiger partial charge in [-0.3, -0.25) is 14.4 Å². The van der Waals surface area contributed by atoms with E-state index in [0.717, 1.165) is 0 Å². The van der Waals surface area contributed by atoms with E-state index in [4.69, 9.17) is 5.11 Å². The third-order valence-corrected chi connectivity index (χ3v) is 3.85. The smallest absolute Gasteiger partial charge is 0.308 e. The SMILES string of the molecule is O=C(O)[C@H]1CCCN(C(=O)Cn2cc(Br)ccc2=O)C1. The molecule has 0 aromatic carbocycles. The summed E-state index contributed by atoms with van der Waals surface area (Å²) >= 11 is 3.25. The van der Waals surface area contributed by atoms with Gasteiger partial charge in [0.05, 0.1) is 5.92 Å². The van der Waals surface area contributed by atoms with Crippen molar-refractivity contribution in [3.05, 3.63) is 33.2 Å². The lowest BCUT2D eigenvalue weighted by molar-refractivity contribution is -0.145. The zero-order valence-electron chi connectivity index (χ0n) is 10.8. The Morgan fingerprint density at radius 2 is 2.15 bits per heavy atom. The maximum Gasteiger partial charge on any atom is 0.308 e. The fourth-order valence-corrected chi connectivity index (χ4v) is 2.66. The normalized spacial score (nSPS) is 18.9.